The number of morpholine rings is 1. The van der Waals surface area contributed by atoms with Crippen molar-refractivity contribution in [3.63, 3.8) is 0 Å². The fraction of sp³-hybridized carbons (Fsp3) is 0.250. The molecule has 0 saturated carbocycles. The molecule has 2 heterocycles. The number of carbonyl (C=O) groups excluding carboxylic acids is 1. The van der Waals surface area contributed by atoms with E-state index in [1.165, 1.54) is 40.9 Å². The molecular weight excluding hydrogens is 422 g/mol. The summed E-state index contributed by atoms with van der Waals surface area (Å²) in [6.07, 6.45) is 2.93. The van der Waals surface area contributed by atoms with Crippen molar-refractivity contribution in [2.24, 2.45) is 0 Å². The van der Waals surface area contributed by atoms with Gasteiger partial charge in [0.15, 0.2) is 0 Å². The molecule has 1 amide bonds. The Morgan fingerprint density at radius 3 is 2.68 bits per heavy atom. The maximum Gasteiger partial charge on any atom is 0.255 e. The SMILES string of the molecule is COc1ccc(NC(=O)c2cccc(-n3cncn3)c2)cc1S(=O)(=O)N1CCOCC1. The first-order valence-corrected chi connectivity index (χ1v) is 11.0. The summed E-state index contributed by atoms with van der Waals surface area (Å²) in [5.41, 5.74) is 1.40. The highest BCUT2D eigenvalue weighted by Gasteiger charge is 2.29. The van der Waals surface area contributed by atoms with Gasteiger partial charge in [-0.3, -0.25) is 4.79 Å². The Hall–Kier alpha value is -3.28. The number of benzene rings is 2. The number of hydrogen-bond acceptors (Lipinski definition) is 7. The molecule has 1 N–H and O–H groups in total. The Morgan fingerprint density at radius 2 is 1.97 bits per heavy atom. The second-order valence-electron chi connectivity index (χ2n) is 6.73. The fourth-order valence-electron chi connectivity index (χ4n) is 3.22. The molecule has 2 aromatic carbocycles. The van der Waals surface area contributed by atoms with E-state index in [-0.39, 0.29) is 29.6 Å². The number of nitrogens with zero attached hydrogens (tertiary/aromatic N) is 4. The molecule has 4 rings (SSSR count). The van der Waals surface area contributed by atoms with Gasteiger partial charge in [0.1, 0.15) is 23.3 Å². The maximum atomic E-state index is 13.1. The van der Waals surface area contributed by atoms with Gasteiger partial charge in [0.25, 0.3) is 5.91 Å². The molecule has 1 saturated heterocycles. The summed E-state index contributed by atoms with van der Waals surface area (Å²) in [4.78, 5) is 16.7. The number of sulfonamides is 1. The molecule has 0 bridgehead atoms. The molecule has 0 aliphatic carbocycles. The number of nitrogens with one attached hydrogen (secondary N) is 1. The maximum absolute atomic E-state index is 13.1. The minimum Gasteiger partial charge on any atom is -0.495 e. The van der Waals surface area contributed by atoms with Gasteiger partial charge in [-0.15, -0.1) is 0 Å². The van der Waals surface area contributed by atoms with Crippen LogP contribution in [0.1, 0.15) is 10.4 Å². The summed E-state index contributed by atoms with van der Waals surface area (Å²) in [5, 5.41) is 6.80. The molecule has 0 spiro atoms. The van der Waals surface area contributed by atoms with Gasteiger partial charge in [-0.1, -0.05) is 6.07 Å². The molecule has 0 unspecified atom stereocenters. The van der Waals surface area contributed by atoms with Crippen molar-refractivity contribution >= 4 is 21.6 Å². The number of hydrogen-bond donors (Lipinski definition) is 1. The van der Waals surface area contributed by atoms with Crippen molar-refractivity contribution in [2.75, 3.05) is 38.7 Å². The minimum absolute atomic E-state index is 0.00827. The van der Waals surface area contributed by atoms with Crippen LogP contribution in [-0.4, -0.2) is 66.8 Å². The Bertz CT molecular complexity index is 1170. The van der Waals surface area contributed by atoms with Crippen LogP contribution in [0.3, 0.4) is 0 Å². The quantitative estimate of drug-likeness (QED) is 0.614. The molecular formula is C20H21N5O5S. The first kappa shape index (κ1) is 21.0. The lowest BCUT2D eigenvalue weighted by Crippen LogP contribution is -2.40. The first-order valence-electron chi connectivity index (χ1n) is 9.51. The molecule has 31 heavy (non-hydrogen) atoms. The summed E-state index contributed by atoms with van der Waals surface area (Å²) in [5.74, 6) is -0.181. The van der Waals surface area contributed by atoms with Gasteiger partial charge < -0.3 is 14.8 Å². The van der Waals surface area contributed by atoms with Crippen LogP contribution in [0.4, 0.5) is 5.69 Å². The van der Waals surface area contributed by atoms with E-state index in [4.69, 9.17) is 9.47 Å². The minimum atomic E-state index is -3.81. The van der Waals surface area contributed by atoms with Crippen LogP contribution in [0.5, 0.6) is 5.75 Å². The van der Waals surface area contributed by atoms with Crippen molar-refractivity contribution in [1.82, 2.24) is 19.1 Å². The van der Waals surface area contributed by atoms with Crippen molar-refractivity contribution in [1.29, 1.82) is 0 Å². The van der Waals surface area contributed by atoms with Gasteiger partial charge in [0.2, 0.25) is 10.0 Å². The third-order valence-corrected chi connectivity index (χ3v) is 6.72. The number of methoxy groups -OCH3 is 1. The van der Waals surface area contributed by atoms with Crippen molar-refractivity contribution < 1.29 is 22.7 Å². The molecule has 1 aromatic heterocycles. The highest BCUT2D eigenvalue weighted by molar-refractivity contribution is 7.89. The predicted octanol–water partition coefficient (Wildman–Crippen LogP) is 1.55. The molecule has 1 aliphatic rings. The van der Waals surface area contributed by atoms with Crippen molar-refractivity contribution in [3.8, 4) is 11.4 Å². The van der Waals surface area contributed by atoms with Gasteiger partial charge in [-0.2, -0.15) is 9.40 Å². The zero-order chi connectivity index (χ0) is 21.8. The van der Waals surface area contributed by atoms with Gasteiger partial charge in [0.05, 0.1) is 26.0 Å². The lowest BCUT2D eigenvalue weighted by Gasteiger charge is -2.26. The zero-order valence-corrected chi connectivity index (χ0v) is 17.6. The predicted molar refractivity (Wildman–Crippen MR) is 112 cm³/mol. The second kappa shape index (κ2) is 8.84. The highest BCUT2D eigenvalue weighted by Crippen LogP contribution is 2.30. The van der Waals surface area contributed by atoms with Crippen LogP contribution >= 0.6 is 0 Å². The van der Waals surface area contributed by atoms with Crippen LogP contribution < -0.4 is 10.1 Å². The summed E-state index contributed by atoms with van der Waals surface area (Å²) in [7, 11) is -2.40. The third-order valence-electron chi connectivity index (χ3n) is 4.80. The third kappa shape index (κ3) is 4.43. The zero-order valence-electron chi connectivity index (χ0n) is 16.8. The smallest absolute Gasteiger partial charge is 0.255 e. The molecule has 1 fully saturated rings. The van der Waals surface area contributed by atoms with Crippen molar-refractivity contribution in [2.45, 2.75) is 4.90 Å². The lowest BCUT2D eigenvalue weighted by molar-refractivity contribution is 0.0729. The molecule has 11 heteroatoms. The molecule has 3 aromatic rings. The number of carbonyl (C=O) groups is 1. The van der Waals surface area contributed by atoms with E-state index in [2.05, 4.69) is 15.4 Å². The summed E-state index contributed by atoms with van der Waals surface area (Å²) >= 11 is 0. The standard InChI is InChI=1S/C20H21N5O5S/c1-29-18-6-5-16(12-19(18)31(27,28)24-7-9-30-10-8-24)23-20(26)15-3-2-4-17(11-15)25-14-21-13-22-25/h2-6,11-14H,7-10H2,1H3,(H,23,26). The summed E-state index contributed by atoms with van der Waals surface area (Å²) in [6.45, 7) is 1.19. The molecule has 0 radical (unpaired) electrons. The van der Waals surface area contributed by atoms with E-state index in [1.54, 1.807) is 30.3 Å². The Balaban J connectivity index is 1.60. The second-order valence-corrected chi connectivity index (χ2v) is 8.63. The molecule has 1 aliphatic heterocycles. The van der Waals surface area contributed by atoms with Gasteiger partial charge in [-0.25, -0.2) is 18.1 Å². The fourth-order valence-corrected chi connectivity index (χ4v) is 4.81. The van der Waals surface area contributed by atoms with Crippen LogP contribution in [0.2, 0.25) is 0 Å². The summed E-state index contributed by atoms with van der Waals surface area (Å²) in [6, 6.07) is 11.4. The van der Waals surface area contributed by atoms with E-state index >= 15 is 0 Å². The normalized spacial score (nSPS) is 14.9. The molecule has 10 nitrogen and oxygen atoms in total. The number of amides is 1. The van der Waals surface area contributed by atoms with E-state index in [9.17, 15) is 13.2 Å². The van der Waals surface area contributed by atoms with Crippen LogP contribution in [0.15, 0.2) is 60.0 Å². The van der Waals surface area contributed by atoms with Crippen LogP contribution in [-0.2, 0) is 14.8 Å². The largest absolute Gasteiger partial charge is 0.495 e. The number of anilines is 1. The first-order chi connectivity index (χ1) is 15.0. The van der Waals surface area contributed by atoms with Crippen LogP contribution in [0.25, 0.3) is 5.69 Å². The number of ether oxygens (including phenoxy) is 2. The van der Waals surface area contributed by atoms with E-state index in [0.717, 1.165) is 0 Å². The van der Waals surface area contributed by atoms with Gasteiger partial charge in [0, 0.05) is 24.3 Å². The van der Waals surface area contributed by atoms with Gasteiger partial charge in [-0.05, 0) is 36.4 Å². The molecule has 162 valence electrons. The Kier molecular flexibility index (Phi) is 5.98. The number of aromatic nitrogens is 3. The molecule has 0 atom stereocenters. The monoisotopic (exact) mass is 443 g/mol. The highest BCUT2D eigenvalue weighted by atomic mass is 32.2. The lowest BCUT2D eigenvalue weighted by atomic mass is 10.2. The average molecular weight is 443 g/mol. The van der Waals surface area contributed by atoms with Crippen molar-refractivity contribution in [3.05, 3.63) is 60.7 Å². The Morgan fingerprint density at radius 1 is 1.16 bits per heavy atom. The average Bonchev–Trinajstić information content (AvgIpc) is 3.35. The van der Waals surface area contributed by atoms with E-state index in [1.807, 2.05) is 0 Å². The van der Waals surface area contributed by atoms with Crippen LogP contribution in [0, 0.1) is 0 Å². The van der Waals surface area contributed by atoms with Gasteiger partial charge >= 0.3 is 0 Å². The Labute approximate surface area is 179 Å². The topological polar surface area (TPSA) is 116 Å². The summed E-state index contributed by atoms with van der Waals surface area (Å²) < 4.78 is 39.6. The number of rotatable bonds is 6. The van der Waals surface area contributed by atoms with E-state index < -0.39 is 10.0 Å². The van der Waals surface area contributed by atoms with E-state index in [0.29, 0.717) is 30.2 Å².